The second kappa shape index (κ2) is 6.47. The molecule has 1 aromatic rings. The number of carbonyl (C=O) groups is 1. The number of amides is 1. The van der Waals surface area contributed by atoms with E-state index in [-0.39, 0.29) is 23.6 Å². The van der Waals surface area contributed by atoms with Crippen LogP contribution in [0.3, 0.4) is 0 Å². The van der Waals surface area contributed by atoms with Gasteiger partial charge < -0.3 is 10.4 Å². The van der Waals surface area contributed by atoms with Crippen LogP contribution in [0, 0.1) is 5.41 Å². The van der Waals surface area contributed by atoms with Gasteiger partial charge in [0, 0.05) is 18.2 Å². The molecule has 6 heteroatoms. The van der Waals surface area contributed by atoms with Gasteiger partial charge in [0.1, 0.15) is 0 Å². The summed E-state index contributed by atoms with van der Waals surface area (Å²) in [6.45, 7) is 5.56. The Morgan fingerprint density at radius 3 is 2.38 bits per heavy atom. The number of hydrogen-bond acceptors (Lipinski definition) is 2. The van der Waals surface area contributed by atoms with E-state index in [1.807, 2.05) is 20.8 Å². The van der Waals surface area contributed by atoms with E-state index in [2.05, 4.69) is 5.32 Å². The van der Waals surface area contributed by atoms with Crippen LogP contribution in [0.15, 0.2) is 24.3 Å². The summed E-state index contributed by atoms with van der Waals surface area (Å²) < 4.78 is 37.9. The number of halogens is 3. The van der Waals surface area contributed by atoms with Crippen molar-refractivity contribution >= 4 is 5.91 Å². The fourth-order valence-corrected chi connectivity index (χ4v) is 1.93. The maximum atomic E-state index is 12.6. The molecule has 0 spiro atoms. The Labute approximate surface area is 122 Å². The van der Waals surface area contributed by atoms with E-state index < -0.39 is 17.6 Å². The summed E-state index contributed by atoms with van der Waals surface area (Å²) in [6, 6.07) is 3.96. The molecule has 0 saturated carbocycles. The van der Waals surface area contributed by atoms with E-state index in [0.717, 1.165) is 12.1 Å². The van der Waals surface area contributed by atoms with Crippen LogP contribution in [0.1, 0.15) is 43.1 Å². The minimum Gasteiger partial charge on any atom is -0.396 e. The summed E-state index contributed by atoms with van der Waals surface area (Å²) in [5, 5.41) is 11.7. The molecule has 0 aromatic heterocycles. The summed E-state index contributed by atoms with van der Waals surface area (Å²) in [5.41, 5.74) is -1.21. The highest BCUT2D eigenvalue weighted by Crippen LogP contribution is 2.29. The first-order valence-corrected chi connectivity index (χ1v) is 6.64. The molecule has 21 heavy (non-hydrogen) atoms. The third kappa shape index (κ3) is 5.04. The van der Waals surface area contributed by atoms with E-state index in [1.54, 1.807) is 0 Å². The van der Waals surface area contributed by atoms with Crippen LogP contribution in [0.2, 0.25) is 0 Å². The minimum absolute atomic E-state index is 0.0444. The topological polar surface area (TPSA) is 49.3 Å². The van der Waals surface area contributed by atoms with Gasteiger partial charge in [-0.05, 0) is 30.0 Å². The molecule has 0 bridgehead atoms. The lowest BCUT2D eigenvalue weighted by Crippen LogP contribution is -2.44. The Morgan fingerprint density at radius 1 is 1.29 bits per heavy atom. The molecule has 0 aliphatic carbocycles. The molecule has 1 unspecified atom stereocenters. The quantitative estimate of drug-likeness (QED) is 0.897. The number of hydrogen-bond donors (Lipinski definition) is 2. The fraction of sp³-hybridized carbons (Fsp3) is 0.533. The van der Waals surface area contributed by atoms with Crippen LogP contribution >= 0.6 is 0 Å². The van der Waals surface area contributed by atoms with Crippen LogP contribution in [0.25, 0.3) is 0 Å². The van der Waals surface area contributed by atoms with Gasteiger partial charge in [0.05, 0.1) is 5.56 Å². The molecule has 2 N–H and O–H groups in total. The average molecular weight is 303 g/mol. The molecule has 1 atom stereocenters. The summed E-state index contributed by atoms with van der Waals surface area (Å²) in [7, 11) is 0. The van der Waals surface area contributed by atoms with Crippen LogP contribution < -0.4 is 5.32 Å². The van der Waals surface area contributed by atoms with E-state index >= 15 is 0 Å². The predicted molar refractivity (Wildman–Crippen MR) is 73.9 cm³/mol. The Hall–Kier alpha value is -1.56. The van der Waals surface area contributed by atoms with Crippen LogP contribution in [-0.2, 0) is 6.18 Å². The van der Waals surface area contributed by atoms with E-state index in [9.17, 15) is 18.0 Å². The monoisotopic (exact) mass is 303 g/mol. The molecule has 1 aromatic carbocycles. The second-order valence-electron chi connectivity index (χ2n) is 5.98. The molecular weight excluding hydrogens is 283 g/mol. The Bertz CT molecular complexity index is 492. The largest absolute Gasteiger partial charge is 0.416 e. The maximum absolute atomic E-state index is 12.6. The lowest BCUT2D eigenvalue weighted by molar-refractivity contribution is -0.137. The van der Waals surface area contributed by atoms with Gasteiger partial charge in [-0.2, -0.15) is 13.2 Å². The zero-order chi connectivity index (χ0) is 16.3. The first-order chi connectivity index (χ1) is 9.55. The summed E-state index contributed by atoms with van der Waals surface area (Å²) in [4.78, 5) is 12.1. The number of rotatable bonds is 4. The van der Waals surface area contributed by atoms with Crippen molar-refractivity contribution in [2.45, 2.75) is 39.4 Å². The molecule has 0 saturated heterocycles. The number of nitrogens with one attached hydrogen (secondary N) is 1. The van der Waals surface area contributed by atoms with Crippen LogP contribution in [-0.4, -0.2) is 23.7 Å². The van der Waals surface area contributed by atoms with Crippen molar-refractivity contribution in [1.82, 2.24) is 5.32 Å². The summed E-state index contributed by atoms with van der Waals surface area (Å²) >= 11 is 0. The van der Waals surface area contributed by atoms with Crippen molar-refractivity contribution in [3.8, 4) is 0 Å². The third-order valence-corrected chi connectivity index (χ3v) is 3.22. The molecule has 0 aliphatic heterocycles. The molecule has 3 nitrogen and oxygen atoms in total. The van der Waals surface area contributed by atoms with Crippen LogP contribution in [0.4, 0.5) is 13.2 Å². The van der Waals surface area contributed by atoms with Crippen molar-refractivity contribution in [2.24, 2.45) is 5.41 Å². The van der Waals surface area contributed by atoms with Crippen LogP contribution in [0.5, 0.6) is 0 Å². The molecule has 1 rings (SSSR count). The molecule has 0 radical (unpaired) electrons. The van der Waals surface area contributed by atoms with Crippen molar-refractivity contribution in [3.05, 3.63) is 35.4 Å². The molecular formula is C15H20F3NO2. The lowest BCUT2D eigenvalue weighted by Gasteiger charge is -2.31. The predicted octanol–water partition coefficient (Wildman–Crippen LogP) is 3.23. The van der Waals surface area contributed by atoms with Gasteiger partial charge in [-0.1, -0.05) is 26.8 Å². The highest BCUT2D eigenvalue weighted by molar-refractivity contribution is 5.94. The number of carbonyl (C=O) groups excluding carboxylic acids is 1. The lowest BCUT2D eigenvalue weighted by atomic mass is 9.84. The zero-order valence-corrected chi connectivity index (χ0v) is 12.3. The smallest absolute Gasteiger partial charge is 0.396 e. The van der Waals surface area contributed by atoms with Gasteiger partial charge in [0.25, 0.3) is 5.91 Å². The summed E-state index contributed by atoms with van der Waals surface area (Å²) in [6.07, 6.45) is -4.14. The van der Waals surface area contributed by atoms with Gasteiger partial charge in [0.2, 0.25) is 0 Å². The standard InChI is InChI=1S/C15H20F3NO2/c1-14(2,3)12(7-8-20)19-13(21)10-5-4-6-11(9-10)15(16,17)18/h4-6,9,12,20H,7-8H2,1-3H3,(H,19,21). The normalized spacial score (nSPS) is 13.9. The highest BCUT2D eigenvalue weighted by atomic mass is 19.4. The maximum Gasteiger partial charge on any atom is 0.416 e. The first-order valence-electron chi connectivity index (χ1n) is 6.64. The fourth-order valence-electron chi connectivity index (χ4n) is 1.93. The highest BCUT2D eigenvalue weighted by Gasteiger charge is 2.31. The van der Waals surface area contributed by atoms with Gasteiger partial charge in [-0.15, -0.1) is 0 Å². The number of aliphatic hydroxyl groups excluding tert-OH is 1. The van der Waals surface area contributed by atoms with Gasteiger partial charge in [-0.25, -0.2) is 0 Å². The van der Waals surface area contributed by atoms with Gasteiger partial charge >= 0.3 is 6.18 Å². The number of benzene rings is 1. The average Bonchev–Trinajstić information content (AvgIpc) is 2.36. The van der Waals surface area contributed by atoms with Gasteiger partial charge in [0.15, 0.2) is 0 Å². The first kappa shape index (κ1) is 17.5. The molecule has 1 amide bonds. The molecule has 0 heterocycles. The second-order valence-corrected chi connectivity index (χ2v) is 5.98. The van der Waals surface area contributed by atoms with Gasteiger partial charge in [-0.3, -0.25) is 4.79 Å². The zero-order valence-electron chi connectivity index (χ0n) is 12.3. The van der Waals surface area contributed by atoms with E-state index in [1.165, 1.54) is 12.1 Å². The Kier molecular flexibility index (Phi) is 5.39. The summed E-state index contributed by atoms with van der Waals surface area (Å²) in [5.74, 6) is -0.575. The van der Waals surface area contributed by atoms with Crippen molar-refractivity contribution < 1.29 is 23.1 Å². The van der Waals surface area contributed by atoms with Crippen molar-refractivity contribution in [2.75, 3.05) is 6.61 Å². The van der Waals surface area contributed by atoms with Crippen molar-refractivity contribution in [3.63, 3.8) is 0 Å². The number of alkyl halides is 3. The third-order valence-electron chi connectivity index (χ3n) is 3.22. The van der Waals surface area contributed by atoms with E-state index in [4.69, 9.17) is 5.11 Å². The molecule has 118 valence electrons. The van der Waals surface area contributed by atoms with E-state index in [0.29, 0.717) is 6.42 Å². The Morgan fingerprint density at radius 2 is 1.90 bits per heavy atom. The Balaban J connectivity index is 2.93. The SMILES string of the molecule is CC(C)(C)C(CCO)NC(=O)c1cccc(C(F)(F)F)c1. The van der Waals surface area contributed by atoms with Crippen molar-refractivity contribution in [1.29, 1.82) is 0 Å². The number of aliphatic hydroxyl groups is 1. The minimum atomic E-state index is -4.48. The molecule has 0 fully saturated rings. The molecule has 0 aliphatic rings.